The molecule has 0 spiro atoms. The van der Waals surface area contributed by atoms with Crippen LogP contribution in [0.3, 0.4) is 0 Å². The molecule has 2 heterocycles. The summed E-state index contributed by atoms with van der Waals surface area (Å²) in [7, 11) is -3.54. The van der Waals surface area contributed by atoms with Gasteiger partial charge in [0.1, 0.15) is 0 Å². The monoisotopic (exact) mass is 316 g/mol. The molecule has 2 rings (SSSR count). The van der Waals surface area contributed by atoms with E-state index in [9.17, 15) is 13.5 Å². The van der Waals surface area contributed by atoms with Crippen LogP contribution in [0.2, 0.25) is 0 Å². The Morgan fingerprint density at radius 2 is 2.10 bits per heavy atom. The molecule has 0 aromatic carbocycles. The molecule has 120 valence electrons. The lowest BCUT2D eigenvalue weighted by Crippen LogP contribution is -2.39. The fourth-order valence-electron chi connectivity index (χ4n) is 2.49. The van der Waals surface area contributed by atoms with E-state index in [0.29, 0.717) is 32.0 Å². The number of nitrogens with zero attached hydrogens (tertiary/aromatic N) is 1. The molecule has 1 aliphatic heterocycles. The summed E-state index contributed by atoms with van der Waals surface area (Å²) in [6, 6.07) is 1.53. The van der Waals surface area contributed by atoms with Crippen molar-refractivity contribution in [3.05, 3.63) is 18.0 Å². The molecule has 0 aliphatic carbocycles. The third kappa shape index (κ3) is 3.85. The number of hydrogen-bond acceptors (Lipinski definition) is 4. The third-order valence-electron chi connectivity index (χ3n) is 4.16. The first-order valence-electron chi connectivity index (χ1n) is 7.27. The van der Waals surface area contributed by atoms with E-state index in [1.54, 1.807) is 10.8 Å². The lowest BCUT2D eigenvalue weighted by molar-refractivity contribution is 0.0265. The number of aliphatic hydroxyl groups excluding tert-OH is 1. The van der Waals surface area contributed by atoms with E-state index in [4.69, 9.17) is 4.74 Å². The molecule has 21 heavy (non-hydrogen) atoms. The van der Waals surface area contributed by atoms with Gasteiger partial charge in [-0.05, 0) is 31.2 Å². The van der Waals surface area contributed by atoms with E-state index >= 15 is 0 Å². The number of hydrogen-bond donors (Lipinski definition) is 2. The first kappa shape index (κ1) is 16.5. The molecule has 1 aromatic rings. The van der Waals surface area contributed by atoms with Crippen molar-refractivity contribution in [2.45, 2.75) is 44.7 Å². The minimum Gasteiger partial charge on any atom is -0.390 e. The second-order valence-corrected chi connectivity index (χ2v) is 7.63. The molecule has 0 saturated carbocycles. The van der Waals surface area contributed by atoms with Gasteiger partial charge in [0.2, 0.25) is 10.0 Å². The number of aromatic nitrogens is 1. The van der Waals surface area contributed by atoms with Gasteiger partial charge in [0.25, 0.3) is 0 Å². The smallest absolute Gasteiger partial charge is 0.242 e. The first-order chi connectivity index (χ1) is 9.90. The molecule has 6 nitrogen and oxygen atoms in total. The summed E-state index contributed by atoms with van der Waals surface area (Å²) in [5.41, 5.74) is 0.550. The van der Waals surface area contributed by atoms with Crippen molar-refractivity contribution in [2.24, 2.45) is 5.41 Å². The number of ether oxygens (including phenoxy) is 1. The molecular formula is C14H24N2O4S. The van der Waals surface area contributed by atoms with Crippen LogP contribution in [-0.2, 0) is 27.9 Å². The highest BCUT2D eigenvalue weighted by molar-refractivity contribution is 7.89. The lowest BCUT2D eigenvalue weighted by Gasteiger charge is -2.33. The number of aliphatic hydroxyl groups is 1. The van der Waals surface area contributed by atoms with E-state index in [2.05, 4.69) is 11.6 Å². The van der Waals surface area contributed by atoms with Crippen molar-refractivity contribution in [3.63, 3.8) is 0 Å². The molecule has 0 bridgehead atoms. The average molecular weight is 316 g/mol. The zero-order valence-corrected chi connectivity index (χ0v) is 13.4. The van der Waals surface area contributed by atoms with Gasteiger partial charge in [0, 0.05) is 38.2 Å². The standard InChI is InChI=1S/C14H24N2O4S/c1-3-16-9-13(8-12(16)10-17)21(18,19)15-11-14(2)4-6-20-7-5-14/h8-9,15,17H,3-7,10-11H2,1-2H3. The minimum atomic E-state index is -3.54. The fourth-order valence-corrected chi connectivity index (χ4v) is 3.75. The summed E-state index contributed by atoms with van der Waals surface area (Å²) >= 11 is 0. The maximum Gasteiger partial charge on any atom is 0.242 e. The van der Waals surface area contributed by atoms with Gasteiger partial charge >= 0.3 is 0 Å². The molecule has 0 amide bonds. The van der Waals surface area contributed by atoms with Crippen LogP contribution < -0.4 is 4.72 Å². The number of nitrogens with one attached hydrogen (secondary N) is 1. The van der Waals surface area contributed by atoms with E-state index in [0.717, 1.165) is 12.8 Å². The third-order valence-corrected chi connectivity index (χ3v) is 5.53. The average Bonchev–Trinajstić information content (AvgIpc) is 2.90. The van der Waals surface area contributed by atoms with Gasteiger partial charge in [-0.1, -0.05) is 6.92 Å². The Bertz CT molecular complexity index is 552. The molecule has 1 aliphatic rings. The van der Waals surface area contributed by atoms with Gasteiger partial charge < -0.3 is 14.4 Å². The second-order valence-electron chi connectivity index (χ2n) is 5.86. The lowest BCUT2D eigenvalue weighted by atomic mass is 9.83. The predicted molar refractivity (Wildman–Crippen MR) is 79.4 cm³/mol. The molecule has 0 atom stereocenters. The van der Waals surface area contributed by atoms with Crippen molar-refractivity contribution in [1.29, 1.82) is 0 Å². The number of aryl methyl sites for hydroxylation is 1. The Morgan fingerprint density at radius 3 is 2.62 bits per heavy atom. The highest BCUT2D eigenvalue weighted by Crippen LogP contribution is 2.29. The van der Waals surface area contributed by atoms with E-state index in [1.807, 2.05) is 6.92 Å². The summed E-state index contributed by atoms with van der Waals surface area (Å²) in [6.07, 6.45) is 3.28. The van der Waals surface area contributed by atoms with Crippen LogP contribution in [0.4, 0.5) is 0 Å². The molecule has 1 aromatic heterocycles. The van der Waals surface area contributed by atoms with Crippen molar-refractivity contribution in [3.8, 4) is 0 Å². The van der Waals surface area contributed by atoms with E-state index < -0.39 is 10.0 Å². The van der Waals surface area contributed by atoms with Gasteiger partial charge in [-0.25, -0.2) is 13.1 Å². The van der Waals surface area contributed by atoms with Crippen molar-refractivity contribution < 1.29 is 18.3 Å². The van der Waals surface area contributed by atoms with E-state index in [-0.39, 0.29) is 16.9 Å². The molecule has 0 unspecified atom stereocenters. The highest BCUT2D eigenvalue weighted by Gasteiger charge is 2.29. The zero-order valence-electron chi connectivity index (χ0n) is 12.6. The van der Waals surface area contributed by atoms with Gasteiger partial charge in [-0.15, -0.1) is 0 Å². The summed E-state index contributed by atoms with van der Waals surface area (Å²) in [5, 5.41) is 9.25. The van der Waals surface area contributed by atoms with Gasteiger partial charge in [-0.3, -0.25) is 0 Å². The predicted octanol–water partition coefficient (Wildman–Crippen LogP) is 1.10. The Balaban J connectivity index is 2.09. The van der Waals surface area contributed by atoms with Crippen LogP contribution in [0.1, 0.15) is 32.4 Å². The quantitative estimate of drug-likeness (QED) is 0.823. The number of rotatable bonds is 6. The van der Waals surface area contributed by atoms with Crippen LogP contribution in [0, 0.1) is 5.41 Å². The largest absolute Gasteiger partial charge is 0.390 e. The van der Waals surface area contributed by atoms with Gasteiger partial charge in [-0.2, -0.15) is 0 Å². The van der Waals surface area contributed by atoms with Crippen LogP contribution in [0.25, 0.3) is 0 Å². The van der Waals surface area contributed by atoms with Crippen LogP contribution in [0.15, 0.2) is 17.2 Å². The SMILES string of the molecule is CCn1cc(S(=O)(=O)NCC2(C)CCOCC2)cc1CO. The summed E-state index contributed by atoms with van der Waals surface area (Å²) < 4.78 is 34.5. The van der Waals surface area contributed by atoms with Crippen LogP contribution in [0.5, 0.6) is 0 Å². The maximum atomic E-state index is 12.4. The highest BCUT2D eigenvalue weighted by atomic mass is 32.2. The molecule has 2 N–H and O–H groups in total. The Labute approximate surface area is 126 Å². The van der Waals surface area contributed by atoms with Crippen LogP contribution >= 0.6 is 0 Å². The molecule has 0 radical (unpaired) electrons. The minimum absolute atomic E-state index is 0.0571. The normalized spacial score (nSPS) is 18.8. The summed E-state index contributed by atoms with van der Waals surface area (Å²) in [6.45, 7) is 6.21. The molecule has 1 saturated heterocycles. The first-order valence-corrected chi connectivity index (χ1v) is 8.76. The van der Waals surface area contributed by atoms with Gasteiger partial charge in [0.15, 0.2) is 0 Å². The second kappa shape index (κ2) is 6.48. The van der Waals surface area contributed by atoms with Crippen molar-refractivity contribution >= 4 is 10.0 Å². The Hall–Kier alpha value is -0.890. The van der Waals surface area contributed by atoms with Crippen molar-refractivity contribution in [2.75, 3.05) is 19.8 Å². The Kier molecular flexibility index (Phi) is 5.08. The summed E-state index contributed by atoms with van der Waals surface area (Å²) in [5.74, 6) is 0. The number of sulfonamides is 1. The molecular weight excluding hydrogens is 292 g/mol. The zero-order chi connectivity index (χ0) is 15.5. The Morgan fingerprint density at radius 1 is 1.43 bits per heavy atom. The van der Waals surface area contributed by atoms with Gasteiger partial charge in [0.05, 0.1) is 11.5 Å². The summed E-state index contributed by atoms with van der Waals surface area (Å²) in [4.78, 5) is 0.212. The van der Waals surface area contributed by atoms with E-state index in [1.165, 1.54) is 6.07 Å². The molecule has 1 fully saturated rings. The fraction of sp³-hybridized carbons (Fsp3) is 0.714. The van der Waals surface area contributed by atoms with Crippen molar-refractivity contribution in [1.82, 2.24) is 9.29 Å². The topological polar surface area (TPSA) is 80.6 Å². The van der Waals surface area contributed by atoms with Crippen LogP contribution in [-0.4, -0.2) is 37.8 Å². The maximum absolute atomic E-state index is 12.4. The molecule has 7 heteroatoms.